The zero-order chi connectivity index (χ0) is 16.4. The number of hydrogen-bond acceptors (Lipinski definition) is 4. The molecule has 0 amide bonds. The molecule has 3 heterocycles. The first-order valence-corrected chi connectivity index (χ1v) is 8.20. The first-order valence-electron chi connectivity index (χ1n) is 8.20. The maximum atomic E-state index is 6.17. The van der Waals surface area contributed by atoms with E-state index in [-0.39, 0.29) is 18.3 Å². The van der Waals surface area contributed by atoms with Crippen molar-refractivity contribution in [3.63, 3.8) is 0 Å². The molecule has 0 aliphatic carbocycles. The monoisotopic (exact) mass is 314 g/mol. The average molecular weight is 314 g/mol. The molecule has 4 rings (SSSR count). The van der Waals surface area contributed by atoms with Crippen LogP contribution in [-0.4, -0.2) is 41.1 Å². The number of hydrogen-bond donors (Lipinski definition) is 0. The van der Waals surface area contributed by atoms with Crippen LogP contribution < -0.4 is 5.46 Å². The van der Waals surface area contributed by atoms with Crippen molar-refractivity contribution in [2.45, 2.75) is 51.9 Å². The summed E-state index contributed by atoms with van der Waals surface area (Å²) in [6.45, 7) is 11.9. The van der Waals surface area contributed by atoms with Crippen LogP contribution in [0.5, 0.6) is 0 Å². The lowest BCUT2D eigenvalue weighted by Gasteiger charge is -2.32. The average Bonchev–Trinajstić information content (AvgIpc) is 2.82. The largest absolute Gasteiger partial charge is 0.494 e. The number of nitrogens with zero attached hydrogens (tertiary/aromatic N) is 2. The minimum Gasteiger partial charge on any atom is -0.399 e. The Kier molecular flexibility index (Phi) is 3.18. The highest BCUT2D eigenvalue weighted by molar-refractivity contribution is 6.62. The molecule has 5 nitrogen and oxygen atoms in total. The van der Waals surface area contributed by atoms with E-state index in [9.17, 15) is 0 Å². The molecule has 0 spiro atoms. The fourth-order valence-electron chi connectivity index (χ4n) is 3.19. The molecule has 2 aliphatic heterocycles. The van der Waals surface area contributed by atoms with Gasteiger partial charge in [-0.3, -0.25) is 0 Å². The summed E-state index contributed by atoms with van der Waals surface area (Å²) in [6, 6.07) is 6.64. The van der Waals surface area contributed by atoms with Crippen molar-refractivity contribution in [3.05, 3.63) is 24.0 Å². The van der Waals surface area contributed by atoms with Gasteiger partial charge in [0.1, 0.15) is 5.82 Å². The van der Waals surface area contributed by atoms with Crippen LogP contribution in [0.2, 0.25) is 0 Å². The van der Waals surface area contributed by atoms with Crippen molar-refractivity contribution in [1.82, 2.24) is 9.55 Å². The molecule has 0 bridgehead atoms. The molecule has 2 fully saturated rings. The third-order valence-electron chi connectivity index (χ3n) is 5.40. The van der Waals surface area contributed by atoms with E-state index in [0.29, 0.717) is 6.04 Å². The van der Waals surface area contributed by atoms with Gasteiger partial charge in [0.25, 0.3) is 0 Å². The fourth-order valence-corrected chi connectivity index (χ4v) is 3.19. The number of fused-ring (bicyclic) bond motifs is 1. The molecule has 2 saturated heterocycles. The Morgan fingerprint density at radius 2 is 1.78 bits per heavy atom. The Balaban J connectivity index is 1.75. The van der Waals surface area contributed by atoms with Gasteiger partial charge in [-0.25, -0.2) is 4.98 Å². The number of rotatable bonds is 2. The summed E-state index contributed by atoms with van der Waals surface area (Å²) in [6.07, 6.45) is 0. The maximum Gasteiger partial charge on any atom is 0.494 e. The Morgan fingerprint density at radius 1 is 1.13 bits per heavy atom. The molecule has 1 aromatic heterocycles. The third-order valence-corrected chi connectivity index (χ3v) is 5.40. The number of aromatic nitrogens is 2. The van der Waals surface area contributed by atoms with E-state index in [1.165, 1.54) is 0 Å². The predicted octanol–water partition coefficient (Wildman–Crippen LogP) is 2.22. The van der Waals surface area contributed by atoms with Gasteiger partial charge >= 0.3 is 7.12 Å². The van der Waals surface area contributed by atoms with Gasteiger partial charge in [0.05, 0.1) is 41.5 Å². The quantitative estimate of drug-likeness (QED) is 0.798. The van der Waals surface area contributed by atoms with E-state index in [2.05, 4.69) is 55.4 Å². The van der Waals surface area contributed by atoms with Crippen molar-refractivity contribution < 1.29 is 14.0 Å². The molecule has 0 saturated carbocycles. The Bertz CT molecular complexity index is 749. The van der Waals surface area contributed by atoms with Crippen molar-refractivity contribution in [3.8, 4) is 0 Å². The van der Waals surface area contributed by atoms with E-state index in [1.807, 2.05) is 6.92 Å². The topological polar surface area (TPSA) is 45.5 Å². The molecule has 2 aromatic rings. The Hall–Kier alpha value is -1.37. The van der Waals surface area contributed by atoms with Crippen molar-refractivity contribution in [2.24, 2.45) is 0 Å². The molecule has 0 radical (unpaired) electrons. The van der Waals surface area contributed by atoms with Gasteiger partial charge in [-0.05, 0) is 52.2 Å². The first kappa shape index (κ1) is 15.2. The summed E-state index contributed by atoms with van der Waals surface area (Å²) in [5.74, 6) is 1.03. The highest BCUT2D eigenvalue weighted by Gasteiger charge is 2.51. The highest BCUT2D eigenvalue weighted by Crippen LogP contribution is 2.36. The van der Waals surface area contributed by atoms with Gasteiger partial charge in [0, 0.05) is 0 Å². The second-order valence-electron chi connectivity index (χ2n) is 7.56. The Labute approximate surface area is 137 Å². The van der Waals surface area contributed by atoms with Gasteiger partial charge in [0.15, 0.2) is 0 Å². The fraction of sp³-hybridized carbons (Fsp3) is 0.588. The van der Waals surface area contributed by atoms with Gasteiger partial charge in [-0.1, -0.05) is 6.07 Å². The lowest BCUT2D eigenvalue weighted by Crippen LogP contribution is -2.41. The zero-order valence-corrected chi connectivity index (χ0v) is 14.4. The summed E-state index contributed by atoms with van der Waals surface area (Å²) in [5.41, 5.74) is 2.52. The van der Waals surface area contributed by atoms with E-state index in [0.717, 1.165) is 35.5 Å². The molecule has 1 aromatic carbocycles. The molecule has 0 N–H and O–H groups in total. The van der Waals surface area contributed by atoms with Gasteiger partial charge in [-0.15, -0.1) is 0 Å². The number of benzene rings is 1. The van der Waals surface area contributed by atoms with Crippen molar-refractivity contribution in [2.75, 3.05) is 13.2 Å². The SMILES string of the molecule is Cc1nc2ccc(B3OC(C)(C)C(C)(C)O3)cc2n1C1COC1. The number of ether oxygens (including phenoxy) is 1. The van der Waals surface area contributed by atoms with Crippen molar-refractivity contribution >= 4 is 23.6 Å². The van der Waals surface area contributed by atoms with Crippen LogP contribution in [0.15, 0.2) is 18.2 Å². The zero-order valence-electron chi connectivity index (χ0n) is 14.4. The molecule has 2 aliphatic rings. The highest BCUT2D eigenvalue weighted by atomic mass is 16.7. The summed E-state index contributed by atoms with van der Waals surface area (Å²) in [5, 5.41) is 0. The molecule has 6 heteroatoms. The molecule has 122 valence electrons. The standard InChI is InChI=1S/C17H23BN2O3/c1-11-19-14-7-6-12(8-15(14)20(11)13-9-21-10-13)18-22-16(2,3)17(4,5)23-18/h6-8,13H,9-10H2,1-5H3. The van der Waals surface area contributed by atoms with Crippen LogP contribution in [0.25, 0.3) is 11.0 Å². The van der Waals surface area contributed by atoms with Gasteiger partial charge < -0.3 is 18.6 Å². The van der Waals surface area contributed by atoms with E-state index < -0.39 is 0 Å². The van der Waals surface area contributed by atoms with Crippen molar-refractivity contribution in [1.29, 1.82) is 0 Å². The lowest BCUT2D eigenvalue weighted by molar-refractivity contribution is -0.0224. The van der Waals surface area contributed by atoms with E-state index in [1.54, 1.807) is 0 Å². The summed E-state index contributed by atoms with van der Waals surface area (Å²) < 4.78 is 20.0. The van der Waals surface area contributed by atoms with Crippen LogP contribution in [0.4, 0.5) is 0 Å². The molecular weight excluding hydrogens is 291 g/mol. The van der Waals surface area contributed by atoms with Gasteiger partial charge in [0.2, 0.25) is 0 Å². The van der Waals surface area contributed by atoms with Crippen LogP contribution in [0, 0.1) is 6.92 Å². The number of imidazole rings is 1. The third kappa shape index (κ3) is 2.23. The van der Waals surface area contributed by atoms with E-state index in [4.69, 9.17) is 14.0 Å². The summed E-state index contributed by atoms with van der Waals surface area (Å²) in [4.78, 5) is 4.67. The molecule has 23 heavy (non-hydrogen) atoms. The normalized spacial score (nSPS) is 23.4. The molecular formula is C17H23BN2O3. The number of aryl methyl sites for hydroxylation is 1. The molecule has 0 unspecified atom stereocenters. The van der Waals surface area contributed by atoms with E-state index >= 15 is 0 Å². The van der Waals surface area contributed by atoms with Crippen LogP contribution >= 0.6 is 0 Å². The van der Waals surface area contributed by atoms with Gasteiger partial charge in [-0.2, -0.15) is 0 Å². The van der Waals surface area contributed by atoms with Crippen LogP contribution in [0.3, 0.4) is 0 Å². The second kappa shape index (κ2) is 4.82. The van der Waals surface area contributed by atoms with Crippen LogP contribution in [0.1, 0.15) is 39.6 Å². The molecule has 0 atom stereocenters. The first-order chi connectivity index (χ1) is 10.8. The minimum atomic E-state index is -0.342. The summed E-state index contributed by atoms with van der Waals surface area (Å²) >= 11 is 0. The smallest absolute Gasteiger partial charge is 0.399 e. The minimum absolute atomic E-state index is 0.329. The maximum absolute atomic E-state index is 6.17. The van der Waals surface area contributed by atoms with Crippen LogP contribution in [-0.2, 0) is 14.0 Å². The predicted molar refractivity (Wildman–Crippen MR) is 90.0 cm³/mol. The Morgan fingerprint density at radius 3 is 2.35 bits per heavy atom. The summed E-state index contributed by atoms with van der Waals surface area (Å²) in [7, 11) is -0.342. The lowest BCUT2D eigenvalue weighted by atomic mass is 9.79. The second-order valence-corrected chi connectivity index (χ2v) is 7.56.